The van der Waals surface area contributed by atoms with Gasteiger partial charge in [-0.25, -0.2) is 0 Å². The molecule has 0 heterocycles. The lowest BCUT2D eigenvalue weighted by molar-refractivity contribution is 0.117. The van der Waals surface area contributed by atoms with Crippen molar-refractivity contribution < 1.29 is 0 Å². The SMILES string of the molecule is CCCN(CCC)CC1C(C)CC(C)CC1N. The summed E-state index contributed by atoms with van der Waals surface area (Å²) in [5, 5.41) is 0. The van der Waals surface area contributed by atoms with Crippen LogP contribution >= 0.6 is 0 Å². The third kappa shape index (κ3) is 4.59. The first-order chi connectivity index (χ1) is 8.08. The number of nitrogens with two attached hydrogens (primary N) is 1. The van der Waals surface area contributed by atoms with Gasteiger partial charge in [0.25, 0.3) is 0 Å². The van der Waals surface area contributed by atoms with Gasteiger partial charge in [-0.2, -0.15) is 0 Å². The molecule has 1 rings (SSSR count). The summed E-state index contributed by atoms with van der Waals surface area (Å²) in [7, 11) is 0. The molecule has 0 radical (unpaired) electrons. The van der Waals surface area contributed by atoms with Gasteiger partial charge < -0.3 is 10.6 Å². The van der Waals surface area contributed by atoms with Gasteiger partial charge in [0.15, 0.2) is 0 Å². The summed E-state index contributed by atoms with van der Waals surface area (Å²) in [6.45, 7) is 13.0. The van der Waals surface area contributed by atoms with E-state index in [1.54, 1.807) is 0 Å². The molecule has 0 bridgehead atoms. The summed E-state index contributed by atoms with van der Waals surface area (Å²) in [6, 6.07) is 0.421. The normalized spacial score (nSPS) is 34.2. The summed E-state index contributed by atoms with van der Waals surface area (Å²) in [5.41, 5.74) is 6.37. The Morgan fingerprint density at radius 2 is 1.65 bits per heavy atom. The maximum Gasteiger partial charge on any atom is 0.00844 e. The van der Waals surface area contributed by atoms with Crippen LogP contribution in [-0.2, 0) is 0 Å². The first kappa shape index (κ1) is 15.0. The van der Waals surface area contributed by atoms with E-state index < -0.39 is 0 Å². The molecule has 1 aliphatic carbocycles. The van der Waals surface area contributed by atoms with Crippen molar-refractivity contribution in [3.05, 3.63) is 0 Å². The molecule has 1 saturated carbocycles. The van der Waals surface area contributed by atoms with Gasteiger partial charge >= 0.3 is 0 Å². The molecule has 2 nitrogen and oxygen atoms in total. The summed E-state index contributed by atoms with van der Waals surface area (Å²) in [6.07, 6.45) is 5.10. The molecular weight excluding hydrogens is 208 g/mol. The van der Waals surface area contributed by atoms with Crippen molar-refractivity contribution in [1.29, 1.82) is 0 Å². The van der Waals surface area contributed by atoms with E-state index in [-0.39, 0.29) is 0 Å². The average molecular weight is 240 g/mol. The number of rotatable bonds is 6. The zero-order valence-electron chi connectivity index (χ0n) is 12.3. The van der Waals surface area contributed by atoms with Gasteiger partial charge in [-0.1, -0.05) is 27.7 Å². The zero-order chi connectivity index (χ0) is 12.8. The van der Waals surface area contributed by atoms with Crippen LogP contribution in [0.25, 0.3) is 0 Å². The van der Waals surface area contributed by atoms with Crippen LogP contribution in [0.1, 0.15) is 53.4 Å². The Labute approximate surface area is 108 Å². The van der Waals surface area contributed by atoms with Gasteiger partial charge in [-0.05, 0) is 56.5 Å². The third-order valence-electron chi connectivity index (χ3n) is 4.28. The molecule has 0 amide bonds. The van der Waals surface area contributed by atoms with E-state index in [1.165, 1.54) is 45.3 Å². The van der Waals surface area contributed by atoms with Crippen molar-refractivity contribution >= 4 is 0 Å². The van der Waals surface area contributed by atoms with Gasteiger partial charge in [0, 0.05) is 12.6 Å². The van der Waals surface area contributed by atoms with Gasteiger partial charge in [0.1, 0.15) is 0 Å². The Morgan fingerprint density at radius 1 is 1.06 bits per heavy atom. The third-order valence-corrected chi connectivity index (χ3v) is 4.28. The van der Waals surface area contributed by atoms with E-state index in [9.17, 15) is 0 Å². The Bertz CT molecular complexity index is 187. The van der Waals surface area contributed by atoms with Crippen molar-refractivity contribution in [3.63, 3.8) is 0 Å². The lowest BCUT2D eigenvalue weighted by Crippen LogP contribution is -2.47. The lowest BCUT2D eigenvalue weighted by Gasteiger charge is -2.40. The van der Waals surface area contributed by atoms with Gasteiger partial charge in [0.2, 0.25) is 0 Å². The topological polar surface area (TPSA) is 29.3 Å². The van der Waals surface area contributed by atoms with E-state index in [1.807, 2.05) is 0 Å². The van der Waals surface area contributed by atoms with E-state index in [2.05, 4.69) is 32.6 Å². The zero-order valence-corrected chi connectivity index (χ0v) is 12.3. The molecule has 1 aliphatic rings. The van der Waals surface area contributed by atoms with Crippen LogP contribution in [0.15, 0.2) is 0 Å². The van der Waals surface area contributed by atoms with Crippen molar-refractivity contribution in [3.8, 4) is 0 Å². The van der Waals surface area contributed by atoms with E-state index in [0.29, 0.717) is 12.0 Å². The molecule has 4 unspecified atom stereocenters. The average Bonchev–Trinajstić information content (AvgIpc) is 2.23. The Balaban J connectivity index is 2.51. The highest BCUT2D eigenvalue weighted by atomic mass is 15.1. The minimum absolute atomic E-state index is 0.421. The summed E-state index contributed by atoms with van der Waals surface area (Å²) in [5.74, 6) is 2.33. The fourth-order valence-electron chi connectivity index (χ4n) is 3.51. The Kier molecular flexibility index (Phi) is 6.50. The van der Waals surface area contributed by atoms with E-state index >= 15 is 0 Å². The molecule has 0 aliphatic heterocycles. The number of hydrogen-bond acceptors (Lipinski definition) is 2. The number of nitrogens with zero attached hydrogens (tertiary/aromatic N) is 1. The summed E-state index contributed by atoms with van der Waals surface area (Å²) >= 11 is 0. The van der Waals surface area contributed by atoms with Crippen molar-refractivity contribution in [2.45, 2.75) is 59.4 Å². The molecule has 0 aromatic carbocycles. The molecule has 102 valence electrons. The quantitative estimate of drug-likeness (QED) is 0.773. The highest BCUT2D eigenvalue weighted by molar-refractivity contribution is 4.87. The van der Waals surface area contributed by atoms with Gasteiger partial charge in [-0.3, -0.25) is 0 Å². The molecule has 1 fully saturated rings. The van der Waals surface area contributed by atoms with Crippen LogP contribution in [0.5, 0.6) is 0 Å². The van der Waals surface area contributed by atoms with Crippen LogP contribution < -0.4 is 5.73 Å². The van der Waals surface area contributed by atoms with Gasteiger partial charge in [-0.15, -0.1) is 0 Å². The monoisotopic (exact) mass is 240 g/mol. The molecule has 0 saturated heterocycles. The minimum Gasteiger partial charge on any atom is -0.327 e. The number of hydrogen-bond donors (Lipinski definition) is 1. The highest BCUT2D eigenvalue weighted by Gasteiger charge is 2.32. The molecule has 4 atom stereocenters. The molecule has 0 aromatic rings. The standard InChI is InChI=1S/C15H32N2/c1-5-7-17(8-6-2)11-14-13(4)9-12(3)10-15(14)16/h12-15H,5-11,16H2,1-4H3. The second kappa shape index (κ2) is 7.38. The van der Waals surface area contributed by atoms with E-state index in [0.717, 1.165) is 11.8 Å². The van der Waals surface area contributed by atoms with Crippen LogP contribution in [0, 0.1) is 17.8 Å². The molecule has 0 spiro atoms. The molecule has 0 aromatic heterocycles. The Morgan fingerprint density at radius 3 is 2.12 bits per heavy atom. The van der Waals surface area contributed by atoms with Gasteiger partial charge in [0.05, 0.1) is 0 Å². The molecule has 2 N–H and O–H groups in total. The summed E-state index contributed by atoms with van der Waals surface area (Å²) < 4.78 is 0. The van der Waals surface area contributed by atoms with Crippen molar-refractivity contribution in [2.24, 2.45) is 23.5 Å². The predicted octanol–water partition coefficient (Wildman–Crippen LogP) is 3.12. The first-order valence-electron chi connectivity index (χ1n) is 7.56. The minimum atomic E-state index is 0.421. The second-order valence-electron chi connectivity index (χ2n) is 6.18. The van der Waals surface area contributed by atoms with Crippen LogP contribution in [0.4, 0.5) is 0 Å². The Hall–Kier alpha value is -0.0800. The lowest BCUT2D eigenvalue weighted by atomic mass is 9.72. The smallest absolute Gasteiger partial charge is 0.00844 e. The predicted molar refractivity (Wildman–Crippen MR) is 76.0 cm³/mol. The van der Waals surface area contributed by atoms with Crippen molar-refractivity contribution in [2.75, 3.05) is 19.6 Å². The largest absolute Gasteiger partial charge is 0.327 e. The maximum absolute atomic E-state index is 6.37. The fourth-order valence-corrected chi connectivity index (χ4v) is 3.51. The summed E-state index contributed by atoms with van der Waals surface area (Å²) in [4.78, 5) is 2.62. The molecular formula is C15H32N2. The second-order valence-corrected chi connectivity index (χ2v) is 6.18. The van der Waals surface area contributed by atoms with E-state index in [4.69, 9.17) is 5.73 Å². The van der Waals surface area contributed by atoms with Crippen LogP contribution in [-0.4, -0.2) is 30.6 Å². The molecule has 2 heteroatoms. The highest BCUT2D eigenvalue weighted by Crippen LogP contribution is 2.33. The maximum atomic E-state index is 6.37. The fraction of sp³-hybridized carbons (Fsp3) is 1.00. The van der Waals surface area contributed by atoms with Crippen molar-refractivity contribution in [1.82, 2.24) is 4.90 Å². The molecule has 17 heavy (non-hydrogen) atoms. The first-order valence-corrected chi connectivity index (χ1v) is 7.56. The van der Waals surface area contributed by atoms with Crippen LogP contribution in [0.3, 0.4) is 0 Å². The van der Waals surface area contributed by atoms with Crippen LogP contribution in [0.2, 0.25) is 0 Å².